The lowest BCUT2D eigenvalue weighted by Gasteiger charge is -2.32. The van der Waals surface area contributed by atoms with E-state index in [9.17, 15) is 0 Å². The molecule has 0 atom stereocenters. The van der Waals surface area contributed by atoms with E-state index in [0.717, 1.165) is 38.5 Å². The van der Waals surface area contributed by atoms with Crippen molar-refractivity contribution in [3.8, 4) is 44.5 Å². The predicted octanol–water partition coefficient (Wildman–Crippen LogP) is 16.4. The Balaban J connectivity index is 0.972. The van der Waals surface area contributed by atoms with Crippen LogP contribution < -0.4 is 4.90 Å². The molecular formula is C63H51N. The van der Waals surface area contributed by atoms with E-state index in [-0.39, 0.29) is 5.41 Å². The van der Waals surface area contributed by atoms with E-state index >= 15 is 0 Å². The maximum absolute atomic E-state index is 2.61. The highest BCUT2D eigenvalue weighted by atomic mass is 15.1. The van der Waals surface area contributed by atoms with Crippen LogP contribution in [0.5, 0.6) is 0 Å². The van der Waals surface area contributed by atoms with Crippen LogP contribution in [-0.4, -0.2) is 0 Å². The van der Waals surface area contributed by atoms with Crippen molar-refractivity contribution < 1.29 is 0 Å². The second kappa shape index (κ2) is 15.5. The topological polar surface area (TPSA) is 3.24 Å². The Hall–Kier alpha value is -7.22. The normalized spacial score (nSPS) is 16.4. The van der Waals surface area contributed by atoms with Gasteiger partial charge in [0, 0.05) is 17.1 Å². The van der Waals surface area contributed by atoms with Crippen molar-refractivity contribution >= 4 is 11.4 Å². The molecule has 0 N–H and O–H groups in total. The summed E-state index contributed by atoms with van der Waals surface area (Å²) in [5.74, 6) is 0. The second-order valence-corrected chi connectivity index (χ2v) is 18.0. The molecule has 0 heterocycles. The third-order valence-corrected chi connectivity index (χ3v) is 14.7. The molecule has 0 bridgehead atoms. The van der Waals surface area contributed by atoms with Crippen molar-refractivity contribution in [1.82, 2.24) is 0 Å². The molecule has 0 aromatic heterocycles. The van der Waals surface area contributed by atoms with Gasteiger partial charge in [-0.1, -0.05) is 164 Å². The molecular weight excluding hydrogens is 771 g/mol. The highest BCUT2D eigenvalue weighted by Crippen LogP contribution is 2.63. The first kappa shape index (κ1) is 38.5. The molecule has 0 aliphatic heterocycles. The molecule has 7 aromatic rings. The zero-order chi connectivity index (χ0) is 42.8. The fourth-order valence-corrected chi connectivity index (χ4v) is 11.7. The lowest BCUT2D eigenvalue weighted by molar-refractivity contribution is 0.789. The van der Waals surface area contributed by atoms with Crippen molar-refractivity contribution in [2.45, 2.75) is 57.8 Å². The van der Waals surface area contributed by atoms with Gasteiger partial charge in [-0.2, -0.15) is 0 Å². The lowest BCUT2D eigenvalue weighted by Crippen LogP contribution is -2.26. The minimum atomic E-state index is -0.387. The van der Waals surface area contributed by atoms with Crippen molar-refractivity contribution in [2.24, 2.45) is 0 Å². The van der Waals surface area contributed by atoms with Crippen LogP contribution in [-0.2, 0) is 18.3 Å². The summed E-state index contributed by atoms with van der Waals surface area (Å²) in [6, 6.07) is 60.0. The maximum atomic E-state index is 2.61. The Bertz CT molecular complexity index is 3150. The largest absolute Gasteiger partial charge is 0.314 e. The van der Waals surface area contributed by atoms with Crippen LogP contribution in [0, 0.1) is 0 Å². The van der Waals surface area contributed by atoms with Crippen molar-refractivity contribution in [3.05, 3.63) is 262 Å². The number of allylic oxidation sites excluding steroid dienone is 12. The molecule has 0 radical (unpaired) electrons. The van der Waals surface area contributed by atoms with Crippen LogP contribution in [0.25, 0.3) is 44.5 Å². The van der Waals surface area contributed by atoms with Gasteiger partial charge in [-0.15, -0.1) is 0 Å². The quantitative estimate of drug-likeness (QED) is 0.145. The molecule has 308 valence electrons. The van der Waals surface area contributed by atoms with Gasteiger partial charge in [-0.25, -0.2) is 0 Å². The Morgan fingerprint density at radius 1 is 0.484 bits per heavy atom. The first-order valence-corrected chi connectivity index (χ1v) is 23.3. The Morgan fingerprint density at radius 3 is 1.64 bits per heavy atom. The third-order valence-electron chi connectivity index (χ3n) is 14.7. The summed E-state index contributed by atoms with van der Waals surface area (Å²) in [5, 5.41) is 0. The van der Waals surface area contributed by atoms with Crippen molar-refractivity contribution in [3.63, 3.8) is 0 Å². The number of nitrogens with zero attached hydrogens (tertiary/aromatic N) is 1. The van der Waals surface area contributed by atoms with Crippen LogP contribution in [0.3, 0.4) is 0 Å². The average Bonchev–Trinajstić information content (AvgIpc) is 3.81. The van der Waals surface area contributed by atoms with E-state index in [1.165, 1.54) is 117 Å². The van der Waals surface area contributed by atoms with Crippen LogP contribution in [0.1, 0.15) is 72.9 Å². The Labute approximate surface area is 378 Å². The number of hydrogen-bond acceptors (Lipinski definition) is 1. The lowest BCUT2D eigenvalue weighted by atomic mass is 9.69. The molecule has 0 saturated heterocycles. The fraction of sp³-hybridized carbons (Fsp3) is 0.143. The zero-order valence-corrected chi connectivity index (χ0v) is 36.7. The van der Waals surface area contributed by atoms with Gasteiger partial charge in [0.15, 0.2) is 0 Å². The van der Waals surface area contributed by atoms with E-state index in [2.05, 4.69) is 219 Å². The highest BCUT2D eigenvalue weighted by molar-refractivity contribution is 5.96. The maximum Gasteiger partial charge on any atom is 0.0725 e. The van der Waals surface area contributed by atoms with Gasteiger partial charge in [0.2, 0.25) is 0 Å². The number of benzene rings is 7. The molecule has 7 aromatic carbocycles. The van der Waals surface area contributed by atoms with Gasteiger partial charge in [0.25, 0.3) is 0 Å². The fourth-order valence-electron chi connectivity index (χ4n) is 11.7. The van der Waals surface area contributed by atoms with Crippen molar-refractivity contribution in [1.29, 1.82) is 0 Å². The van der Waals surface area contributed by atoms with Crippen LogP contribution >= 0.6 is 0 Å². The van der Waals surface area contributed by atoms with Gasteiger partial charge in [0.1, 0.15) is 0 Å². The molecule has 1 heteroatoms. The monoisotopic (exact) mass is 821 g/mol. The summed E-state index contributed by atoms with van der Waals surface area (Å²) in [6.45, 7) is 4.23. The van der Waals surface area contributed by atoms with Crippen LogP contribution in [0.2, 0.25) is 0 Å². The Kier molecular flexibility index (Phi) is 9.34. The van der Waals surface area contributed by atoms with E-state index < -0.39 is 0 Å². The molecule has 0 unspecified atom stereocenters. The molecule has 5 aliphatic carbocycles. The van der Waals surface area contributed by atoms with E-state index in [1.54, 1.807) is 0 Å². The average molecular weight is 822 g/mol. The smallest absolute Gasteiger partial charge is 0.0725 e. The predicted molar refractivity (Wildman–Crippen MR) is 269 cm³/mol. The van der Waals surface area contributed by atoms with Gasteiger partial charge in [-0.05, 0) is 189 Å². The number of hydrogen-bond donors (Lipinski definition) is 0. The summed E-state index contributed by atoms with van der Waals surface area (Å²) in [5.41, 5.74) is 28.0. The van der Waals surface area contributed by atoms with E-state index in [4.69, 9.17) is 0 Å². The second-order valence-electron chi connectivity index (χ2n) is 18.0. The first-order chi connectivity index (χ1) is 31.6. The van der Waals surface area contributed by atoms with Gasteiger partial charge < -0.3 is 4.90 Å². The van der Waals surface area contributed by atoms with E-state index in [1.807, 2.05) is 0 Å². The molecule has 1 spiro atoms. The molecule has 64 heavy (non-hydrogen) atoms. The number of fused-ring (bicyclic) bond motifs is 12. The SMILES string of the molecule is C/C=C\C(=C/C)C1=CC=C(N(c2ccc(-c3ccccc3)cc2)c2ccc(-c3ccc4c(c3)C3(c5ccccc5-c5ccccc53)c3cc5c(cc3-4)CC3=CCCC=C3C5)cc2)CC1. The van der Waals surface area contributed by atoms with Crippen LogP contribution in [0.4, 0.5) is 11.4 Å². The zero-order valence-electron chi connectivity index (χ0n) is 36.7. The molecule has 0 amide bonds. The Morgan fingerprint density at radius 2 is 1.03 bits per heavy atom. The van der Waals surface area contributed by atoms with Crippen molar-refractivity contribution in [2.75, 3.05) is 4.90 Å². The highest BCUT2D eigenvalue weighted by Gasteiger charge is 2.52. The summed E-state index contributed by atoms with van der Waals surface area (Å²) >= 11 is 0. The molecule has 0 fully saturated rings. The summed E-state index contributed by atoms with van der Waals surface area (Å²) in [6.07, 6.45) is 22.6. The number of anilines is 2. The third kappa shape index (κ3) is 6.05. The summed E-state index contributed by atoms with van der Waals surface area (Å²) in [4.78, 5) is 2.46. The van der Waals surface area contributed by atoms with Crippen LogP contribution in [0.15, 0.2) is 228 Å². The molecule has 12 rings (SSSR count). The summed E-state index contributed by atoms with van der Waals surface area (Å²) < 4.78 is 0. The van der Waals surface area contributed by atoms with E-state index in [0.29, 0.717) is 0 Å². The minimum absolute atomic E-state index is 0.387. The van der Waals surface area contributed by atoms with Gasteiger partial charge in [-0.3, -0.25) is 0 Å². The first-order valence-electron chi connectivity index (χ1n) is 23.3. The molecule has 0 saturated carbocycles. The standard InChI is InChI=1S/C63H51N/c1-3-14-42(4-2)44-23-30-52(31-24-44)64(53-32-25-45(26-33-53)43-15-6-5-7-16-43)54-34-27-46(28-35-54)49-29-36-57-58-39-50-37-47-17-8-9-18-48(47)38-51(50)41-62(58)63(61(57)40-49)59-21-12-10-19-55(59)56-20-11-13-22-60(56)63/h3-7,10-23,25-30,32-36,39-41H,8-9,24,31,37-38H2,1-2H3/b14-3-,42-4+. The number of rotatable bonds is 7. The van der Waals surface area contributed by atoms with Gasteiger partial charge >= 0.3 is 0 Å². The molecule has 1 nitrogen and oxygen atoms in total. The summed E-state index contributed by atoms with van der Waals surface area (Å²) in [7, 11) is 0. The van der Waals surface area contributed by atoms with Gasteiger partial charge in [0.05, 0.1) is 5.41 Å². The minimum Gasteiger partial charge on any atom is -0.314 e. The molecule has 5 aliphatic rings.